The van der Waals surface area contributed by atoms with Gasteiger partial charge >= 0.3 is 0 Å². The van der Waals surface area contributed by atoms with Crippen molar-refractivity contribution in [1.82, 2.24) is 19.7 Å². The summed E-state index contributed by atoms with van der Waals surface area (Å²) in [5.41, 5.74) is 2.27. The number of benzene rings is 1. The van der Waals surface area contributed by atoms with Crippen molar-refractivity contribution >= 4 is 11.8 Å². The van der Waals surface area contributed by atoms with E-state index in [1.165, 1.54) is 5.56 Å². The fraction of sp³-hybridized carbons (Fsp3) is 0.458. The molecule has 0 unspecified atom stereocenters. The van der Waals surface area contributed by atoms with Crippen molar-refractivity contribution < 1.29 is 9.59 Å². The van der Waals surface area contributed by atoms with Gasteiger partial charge in [-0.15, -0.1) is 0 Å². The Bertz CT molecular complexity index is 835. The number of aromatic nitrogens is 1. The summed E-state index contributed by atoms with van der Waals surface area (Å²) in [4.78, 5) is 36.0. The quantitative estimate of drug-likeness (QED) is 0.739. The molecule has 0 radical (unpaired) electrons. The van der Waals surface area contributed by atoms with E-state index in [1.807, 2.05) is 46.3 Å². The average Bonchev–Trinajstić information content (AvgIpc) is 2.80. The van der Waals surface area contributed by atoms with Crippen LogP contribution in [0.4, 0.5) is 0 Å². The first-order valence-electron chi connectivity index (χ1n) is 10.9. The molecular formula is C24H30N4O2. The molecule has 30 heavy (non-hydrogen) atoms. The lowest BCUT2D eigenvalue weighted by Gasteiger charge is -2.42. The fourth-order valence-corrected chi connectivity index (χ4v) is 4.46. The van der Waals surface area contributed by atoms with Crippen molar-refractivity contribution in [2.75, 3.05) is 32.7 Å². The molecule has 1 aromatic carbocycles. The van der Waals surface area contributed by atoms with Crippen LogP contribution in [-0.4, -0.2) is 70.3 Å². The Hall–Kier alpha value is -2.73. The van der Waals surface area contributed by atoms with E-state index < -0.39 is 0 Å². The SMILES string of the molecule is O=C(CCc1cccnc1)N1CCN([C@H]2CCCN(Cc3ccccc3)C2=O)CC1. The van der Waals surface area contributed by atoms with Gasteiger partial charge in [-0.3, -0.25) is 19.5 Å². The minimum absolute atomic E-state index is 0.0462. The lowest BCUT2D eigenvalue weighted by atomic mass is 10.0. The van der Waals surface area contributed by atoms with E-state index in [0.717, 1.165) is 44.5 Å². The van der Waals surface area contributed by atoms with E-state index in [0.29, 0.717) is 26.1 Å². The van der Waals surface area contributed by atoms with Gasteiger partial charge < -0.3 is 9.80 Å². The molecule has 2 fully saturated rings. The molecule has 0 aliphatic carbocycles. The highest BCUT2D eigenvalue weighted by atomic mass is 16.2. The molecule has 1 atom stereocenters. The molecule has 2 aromatic rings. The van der Waals surface area contributed by atoms with E-state index in [-0.39, 0.29) is 17.9 Å². The topological polar surface area (TPSA) is 56.8 Å². The van der Waals surface area contributed by atoms with Crippen LogP contribution in [0, 0.1) is 0 Å². The number of hydrogen-bond acceptors (Lipinski definition) is 4. The van der Waals surface area contributed by atoms with Gasteiger partial charge in [0.05, 0.1) is 6.04 Å². The second-order valence-electron chi connectivity index (χ2n) is 8.18. The van der Waals surface area contributed by atoms with Crippen molar-refractivity contribution in [3.63, 3.8) is 0 Å². The van der Waals surface area contributed by atoms with Gasteiger partial charge in [-0.1, -0.05) is 36.4 Å². The van der Waals surface area contributed by atoms with Gasteiger partial charge in [0, 0.05) is 58.1 Å². The number of amides is 2. The number of carbonyl (C=O) groups excluding carboxylic acids is 2. The first-order valence-corrected chi connectivity index (χ1v) is 10.9. The number of pyridine rings is 1. The van der Waals surface area contributed by atoms with Gasteiger partial charge in [0.2, 0.25) is 11.8 Å². The maximum atomic E-state index is 13.1. The first-order chi connectivity index (χ1) is 14.7. The van der Waals surface area contributed by atoms with Gasteiger partial charge in [-0.2, -0.15) is 0 Å². The number of carbonyl (C=O) groups is 2. The lowest BCUT2D eigenvalue weighted by molar-refractivity contribution is -0.143. The van der Waals surface area contributed by atoms with Crippen molar-refractivity contribution in [3.05, 3.63) is 66.0 Å². The van der Waals surface area contributed by atoms with E-state index in [1.54, 1.807) is 6.20 Å². The molecule has 2 saturated heterocycles. The number of aryl methyl sites for hydroxylation is 1. The van der Waals surface area contributed by atoms with Gasteiger partial charge in [0.25, 0.3) is 0 Å². The summed E-state index contributed by atoms with van der Waals surface area (Å²) in [6.45, 7) is 4.46. The second kappa shape index (κ2) is 9.85. The first kappa shape index (κ1) is 20.5. The standard InChI is InChI=1S/C24H30N4O2/c29-23(11-10-20-8-4-12-25-18-20)27-16-14-26(15-17-27)22-9-5-13-28(24(22)30)19-21-6-2-1-3-7-21/h1-4,6-8,12,18,22H,5,9-11,13-17,19H2/t22-/m0/s1. The van der Waals surface area contributed by atoms with Crippen LogP contribution < -0.4 is 0 Å². The summed E-state index contributed by atoms with van der Waals surface area (Å²) >= 11 is 0. The summed E-state index contributed by atoms with van der Waals surface area (Å²) in [6.07, 6.45) is 6.76. The number of likely N-dealkylation sites (tertiary alicyclic amines) is 1. The minimum atomic E-state index is -0.0462. The van der Waals surface area contributed by atoms with Crippen LogP contribution in [0.15, 0.2) is 54.9 Å². The van der Waals surface area contributed by atoms with Gasteiger partial charge in [0.1, 0.15) is 0 Å². The highest BCUT2D eigenvalue weighted by Crippen LogP contribution is 2.21. The third kappa shape index (κ3) is 5.05. The zero-order valence-corrected chi connectivity index (χ0v) is 17.4. The smallest absolute Gasteiger partial charge is 0.240 e. The monoisotopic (exact) mass is 406 g/mol. The number of piperidine rings is 1. The molecule has 1 aromatic heterocycles. The van der Waals surface area contributed by atoms with Crippen molar-refractivity contribution in [2.24, 2.45) is 0 Å². The predicted molar refractivity (Wildman–Crippen MR) is 116 cm³/mol. The molecular weight excluding hydrogens is 376 g/mol. The Kier molecular flexibility index (Phi) is 6.74. The van der Waals surface area contributed by atoms with Crippen LogP contribution >= 0.6 is 0 Å². The van der Waals surface area contributed by atoms with Crippen LogP contribution in [-0.2, 0) is 22.6 Å². The van der Waals surface area contributed by atoms with Crippen LogP contribution in [0.25, 0.3) is 0 Å². The molecule has 0 N–H and O–H groups in total. The van der Waals surface area contributed by atoms with Gasteiger partial charge in [-0.05, 0) is 36.5 Å². The molecule has 2 aliphatic rings. The Balaban J connectivity index is 1.27. The Labute approximate surface area is 178 Å². The molecule has 2 amide bonds. The molecule has 158 valence electrons. The highest BCUT2D eigenvalue weighted by Gasteiger charge is 2.35. The van der Waals surface area contributed by atoms with Crippen LogP contribution in [0.2, 0.25) is 0 Å². The highest BCUT2D eigenvalue weighted by molar-refractivity contribution is 5.82. The lowest BCUT2D eigenvalue weighted by Crippen LogP contribution is -2.58. The van der Waals surface area contributed by atoms with E-state index in [2.05, 4.69) is 22.0 Å². The maximum Gasteiger partial charge on any atom is 0.240 e. The molecule has 2 aliphatic heterocycles. The third-order valence-corrected chi connectivity index (χ3v) is 6.18. The number of rotatable bonds is 6. The zero-order chi connectivity index (χ0) is 20.8. The number of nitrogens with zero attached hydrogens (tertiary/aromatic N) is 4. The van der Waals surface area contributed by atoms with E-state index >= 15 is 0 Å². The van der Waals surface area contributed by atoms with Gasteiger partial charge in [-0.25, -0.2) is 0 Å². The summed E-state index contributed by atoms with van der Waals surface area (Å²) in [6, 6.07) is 14.1. The fourth-order valence-electron chi connectivity index (χ4n) is 4.46. The Morgan fingerprint density at radius 3 is 2.47 bits per heavy atom. The average molecular weight is 407 g/mol. The Morgan fingerprint density at radius 1 is 0.967 bits per heavy atom. The maximum absolute atomic E-state index is 13.1. The zero-order valence-electron chi connectivity index (χ0n) is 17.4. The summed E-state index contributed by atoms with van der Waals surface area (Å²) < 4.78 is 0. The molecule has 0 saturated carbocycles. The van der Waals surface area contributed by atoms with Crippen molar-refractivity contribution in [3.8, 4) is 0 Å². The molecule has 6 nitrogen and oxygen atoms in total. The molecule has 0 spiro atoms. The molecule has 6 heteroatoms. The largest absolute Gasteiger partial charge is 0.340 e. The van der Waals surface area contributed by atoms with Crippen LogP contribution in [0.1, 0.15) is 30.4 Å². The molecule has 3 heterocycles. The summed E-state index contributed by atoms with van der Waals surface area (Å²) in [5, 5.41) is 0. The van der Waals surface area contributed by atoms with Crippen molar-refractivity contribution in [2.45, 2.75) is 38.3 Å². The van der Waals surface area contributed by atoms with Crippen LogP contribution in [0.3, 0.4) is 0 Å². The second-order valence-corrected chi connectivity index (χ2v) is 8.18. The molecule has 4 rings (SSSR count). The number of piperazine rings is 1. The predicted octanol–water partition coefficient (Wildman–Crippen LogP) is 2.35. The Morgan fingerprint density at radius 2 is 1.73 bits per heavy atom. The van der Waals surface area contributed by atoms with E-state index in [4.69, 9.17) is 0 Å². The van der Waals surface area contributed by atoms with Crippen molar-refractivity contribution in [1.29, 1.82) is 0 Å². The van der Waals surface area contributed by atoms with Gasteiger partial charge in [0.15, 0.2) is 0 Å². The summed E-state index contributed by atoms with van der Waals surface area (Å²) in [5.74, 6) is 0.431. The van der Waals surface area contributed by atoms with E-state index in [9.17, 15) is 9.59 Å². The number of hydrogen-bond donors (Lipinski definition) is 0. The minimum Gasteiger partial charge on any atom is -0.340 e. The third-order valence-electron chi connectivity index (χ3n) is 6.18. The molecule has 0 bridgehead atoms. The normalized spacial score (nSPS) is 20.4. The summed E-state index contributed by atoms with van der Waals surface area (Å²) in [7, 11) is 0. The van der Waals surface area contributed by atoms with Crippen LogP contribution in [0.5, 0.6) is 0 Å².